The highest BCUT2D eigenvalue weighted by Gasteiger charge is 2.61. The molecule has 2 aliphatic carbocycles. The Hall–Kier alpha value is -0.120. The first-order valence-corrected chi connectivity index (χ1v) is 11.4. The third-order valence-corrected chi connectivity index (χ3v) is 8.37. The fourth-order valence-corrected chi connectivity index (χ4v) is 6.99. The quantitative estimate of drug-likeness (QED) is 0.828. The van der Waals surface area contributed by atoms with Crippen molar-refractivity contribution in [3.63, 3.8) is 0 Å². The number of hydrogen-bond donors (Lipinski definition) is 1. The van der Waals surface area contributed by atoms with E-state index in [4.69, 9.17) is 0 Å². The molecule has 2 saturated carbocycles. The van der Waals surface area contributed by atoms with Crippen LogP contribution in [-0.4, -0.2) is 58.3 Å². The molecule has 3 heteroatoms. The zero-order valence-electron chi connectivity index (χ0n) is 16.5. The maximum absolute atomic E-state index is 12.6. The van der Waals surface area contributed by atoms with Crippen molar-refractivity contribution in [1.29, 1.82) is 0 Å². The summed E-state index contributed by atoms with van der Waals surface area (Å²) in [5, 5.41) is 12.6. The van der Waals surface area contributed by atoms with Gasteiger partial charge in [0.05, 0.1) is 0 Å². The summed E-state index contributed by atoms with van der Waals surface area (Å²) in [6, 6.07) is 0.400. The molecule has 25 heavy (non-hydrogen) atoms. The average Bonchev–Trinajstić information content (AvgIpc) is 3.21. The van der Waals surface area contributed by atoms with Crippen LogP contribution in [0.25, 0.3) is 0 Å². The van der Waals surface area contributed by atoms with Gasteiger partial charge in [-0.25, -0.2) is 0 Å². The van der Waals surface area contributed by atoms with Gasteiger partial charge in [0, 0.05) is 11.6 Å². The van der Waals surface area contributed by atoms with Crippen LogP contribution in [0, 0.1) is 5.92 Å². The minimum absolute atomic E-state index is 0.0111. The fraction of sp³-hybridized carbons (Fsp3) is 1.00. The van der Waals surface area contributed by atoms with Gasteiger partial charge in [-0.3, -0.25) is 9.80 Å². The summed E-state index contributed by atoms with van der Waals surface area (Å²) in [6.07, 6.45) is 17.0. The standard InChI is InChI=1S/C22H40N2O/c1-21(24-17-8-3-9-18-24)14-10-13-20(23-15-6-2-7-16-23)22(21,25)19-11-4-5-12-19/h19-20,25H,2-18H2,1H3. The molecule has 0 aromatic carbocycles. The molecule has 0 bridgehead atoms. The molecular formula is C22H40N2O. The summed E-state index contributed by atoms with van der Waals surface area (Å²) >= 11 is 0. The number of aliphatic hydroxyl groups is 1. The van der Waals surface area contributed by atoms with Gasteiger partial charge in [0.2, 0.25) is 0 Å². The van der Waals surface area contributed by atoms with Crippen molar-refractivity contribution in [3.05, 3.63) is 0 Å². The van der Waals surface area contributed by atoms with Crippen molar-refractivity contribution in [2.45, 2.75) is 108 Å². The average molecular weight is 349 g/mol. The minimum atomic E-state index is -0.504. The normalized spacial score (nSPS) is 42.7. The second-order valence-electron chi connectivity index (χ2n) is 9.63. The highest BCUT2D eigenvalue weighted by atomic mass is 16.3. The van der Waals surface area contributed by atoms with Gasteiger partial charge in [-0.1, -0.05) is 25.7 Å². The van der Waals surface area contributed by atoms with E-state index in [0.29, 0.717) is 12.0 Å². The summed E-state index contributed by atoms with van der Waals surface area (Å²) in [6.45, 7) is 7.30. The molecule has 4 rings (SSSR count). The Morgan fingerprint density at radius 1 is 0.720 bits per heavy atom. The van der Waals surface area contributed by atoms with Crippen molar-refractivity contribution in [2.75, 3.05) is 26.2 Å². The van der Waals surface area contributed by atoms with Crippen molar-refractivity contribution in [3.8, 4) is 0 Å². The summed E-state index contributed by atoms with van der Waals surface area (Å²) in [5.41, 5.74) is -0.515. The monoisotopic (exact) mass is 348 g/mol. The SMILES string of the molecule is CC1(N2CCCCC2)CCCC(N2CCCCC2)C1(O)C1CCCC1. The van der Waals surface area contributed by atoms with Crippen LogP contribution in [0.15, 0.2) is 0 Å². The number of piperidine rings is 2. The van der Waals surface area contributed by atoms with Gasteiger partial charge < -0.3 is 5.11 Å². The van der Waals surface area contributed by atoms with Crippen LogP contribution in [0.4, 0.5) is 0 Å². The van der Waals surface area contributed by atoms with Crippen LogP contribution in [0.1, 0.15) is 90.4 Å². The zero-order valence-corrected chi connectivity index (χ0v) is 16.5. The number of hydrogen-bond acceptors (Lipinski definition) is 3. The molecule has 4 aliphatic rings. The zero-order chi connectivity index (χ0) is 17.3. The highest BCUT2D eigenvalue weighted by molar-refractivity contribution is 5.17. The van der Waals surface area contributed by atoms with E-state index in [1.54, 1.807) is 0 Å². The summed E-state index contributed by atoms with van der Waals surface area (Å²) < 4.78 is 0. The van der Waals surface area contributed by atoms with Gasteiger partial charge in [-0.05, 0) is 96.8 Å². The molecule has 144 valence electrons. The largest absolute Gasteiger partial charge is 0.386 e. The van der Waals surface area contributed by atoms with E-state index in [9.17, 15) is 5.11 Å². The third-order valence-electron chi connectivity index (χ3n) is 8.37. The Labute approximate surface area is 155 Å². The van der Waals surface area contributed by atoms with Gasteiger partial charge in [0.15, 0.2) is 0 Å². The smallest absolute Gasteiger partial charge is 0.101 e. The number of nitrogens with zero attached hydrogens (tertiary/aromatic N) is 2. The molecule has 0 amide bonds. The minimum Gasteiger partial charge on any atom is -0.386 e. The van der Waals surface area contributed by atoms with Crippen LogP contribution >= 0.6 is 0 Å². The molecule has 4 fully saturated rings. The van der Waals surface area contributed by atoms with Crippen LogP contribution in [0.3, 0.4) is 0 Å². The van der Waals surface area contributed by atoms with Crippen LogP contribution in [0.2, 0.25) is 0 Å². The van der Waals surface area contributed by atoms with Crippen molar-refractivity contribution in [2.24, 2.45) is 5.92 Å². The Morgan fingerprint density at radius 3 is 1.96 bits per heavy atom. The molecule has 0 aromatic heterocycles. The molecule has 3 nitrogen and oxygen atoms in total. The Kier molecular flexibility index (Phi) is 5.46. The molecule has 2 aliphatic heterocycles. The van der Waals surface area contributed by atoms with Crippen molar-refractivity contribution in [1.82, 2.24) is 9.80 Å². The first kappa shape index (κ1) is 18.3. The van der Waals surface area contributed by atoms with E-state index in [1.807, 2.05) is 0 Å². The van der Waals surface area contributed by atoms with Gasteiger partial charge in [-0.15, -0.1) is 0 Å². The summed E-state index contributed by atoms with van der Waals surface area (Å²) in [5.74, 6) is 0.520. The lowest BCUT2D eigenvalue weighted by atomic mass is 9.59. The molecular weight excluding hydrogens is 308 g/mol. The fourth-order valence-electron chi connectivity index (χ4n) is 6.99. The third kappa shape index (κ3) is 3.08. The number of likely N-dealkylation sites (tertiary alicyclic amines) is 2. The molecule has 2 heterocycles. The molecule has 1 N–H and O–H groups in total. The Bertz CT molecular complexity index is 437. The van der Waals surface area contributed by atoms with Gasteiger partial charge in [-0.2, -0.15) is 0 Å². The van der Waals surface area contributed by atoms with Crippen molar-refractivity contribution >= 4 is 0 Å². The van der Waals surface area contributed by atoms with Crippen LogP contribution in [-0.2, 0) is 0 Å². The maximum atomic E-state index is 12.6. The lowest BCUT2D eigenvalue weighted by molar-refractivity contribution is -0.205. The molecule has 0 radical (unpaired) electrons. The Balaban J connectivity index is 1.68. The van der Waals surface area contributed by atoms with Gasteiger partial charge in [0.25, 0.3) is 0 Å². The van der Waals surface area contributed by atoms with E-state index < -0.39 is 5.60 Å². The maximum Gasteiger partial charge on any atom is 0.101 e. The second-order valence-corrected chi connectivity index (χ2v) is 9.63. The predicted octanol–water partition coefficient (Wildman–Crippen LogP) is 4.19. The summed E-state index contributed by atoms with van der Waals surface area (Å²) in [7, 11) is 0. The lowest BCUT2D eigenvalue weighted by Crippen LogP contribution is -2.75. The predicted molar refractivity (Wildman–Crippen MR) is 104 cm³/mol. The van der Waals surface area contributed by atoms with Gasteiger partial charge >= 0.3 is 0 Å². The Morgan fingerprint density at radius 2 is 1.32 bits per heavy atom. The molecule has 3 unspecified atom stereocenters. The first-order chi connectivity index (χ1) is 12.2. The van der Waals surface area contributed by atoms with Gasteiger partial charge in [0.1, 0.15) is 5.60 Å². The van der Waals surface area contributed by atoms with Crippen LogP contribution < -0.4 is 0 Å². The van der Waals surface area contributed by atoms with E-state index in [-0.39, 0.29) is 5.54 Å². The molecule has 0 spiro atoms. The molecule has 2 saturated heterocycles. The second kappa shape index (κ2) is 7.48. The number of rotatable bonds is 3. The molecule has 3 atom stereocenters. The van der Waals surface area contributed by atoms with E-state index in [1.165, 1.54) is 110 Å². The topological polar surface area (TPSA) is 26.7 Å². The lowest BCUT2D eigenvalue weighted by Gasteiger charge is -2.63. The van der Waals surface area contributed by atoms with Crippen molar-refractivity contribution < 1.29 is 5.11 Å². The van der Waals surface area contributed by atoms with Crippen LogP contribution in [0.5, 0.6) is 0 Å². The van der Waals surface area contributed by atoms with E-state index in [0.717, 1.165) is 0 Å². The van der Waals surface area contributed by atoms with E-state index in [2.05, 4.69) is 16.7 Å². The van der Waals surface area contributed by atoms with E-state index >= 15 is 0 Å². The summed E-state index contributed by atoms with van der Waals surface area (Å²) in [4.78, 5) is 5.44. The highest BCUT2D eigenvalue weighted by Crippen LogP contribution is 2.52. The first-order valence-electron chi connectivity index (χ1n) is 11.4. The molecule has 0 aromatic rings.